The third-order valence-electron chi connectivity index (χ3n) is 4.58. The number of anilines is 1. The summed E-state index contributed by atoms with van der Waals surface area (Å²) in [6, 6.07) is 7.71. The van der Waals surface area contributed by atoms with Gasteiger partial charge < -0.3 is 10.2 Å². The van der Waals surface area contributed by atoms with Crippen molar-refractivity contribution in [2.24, 2.45) is 5.92 Å². The van der Waals surface area contributed by atoms with Gasteiger partial charge in [0.2, 0.25) is 0 Å². The molecule has 20 heavy (non-hydrogen) atoms. The van der Waals surface area contributed by atoms with Crippen LogP contribution in [0.5, 0.6) is 0 Å². The van der Waals surface area contributed by atoms with E-state index >= 15 is 0 Å². The molecule has 1 aliphatic carbocycles. The SMILES string of the molecule is CC(C)C1CCCN1c1c(Cl)cccc1CNC1CC1. The molecule has 1 aromatic carbocycles. The van der Waals surface area contributed by atoms with E-state index in [0.29, 0.717) is 12.0 Å². The summed E-state index contributed by atoms with van der Waals surface area (Å²) in [6.45, 7) is 6.73. The predicted octanol–water partition coefficient (Wildman–Crippen LogP) is 4.22. The van der Waals surface area contributed by atoms with Crippen molar-refractivity contribution in [3.8, 4) is 0 Å². The van der Waals surface area contributed by atoms with Gasteiger partial charge in [-0.05, 0) is 43.2 Å². The van der Waals surface area contributed by atoms with Gasteiger partial charge in [-0.25, -0.2) is 0 Å². The van der Waals surface area contributed by atoms with Gasteiger partial charge in [0, 0.05) is 25.2 Å². The number of nitrogens with zero attached hydrogens (tertiary/aromatic N) is 1. The summed E-state index contributed by atoms with van der Waals surface area (Å²) in [5.74, 6) is 0.679. The first-order valence-corrected chi connectivity index (χ1v) is 8.32. The fourth-order valence-electron chi connectivity index (χ4n) is 3.33. The van der Waals surface area contributed by atoms with E-state index in [0.717, 1.165) is 24.2 Å². The van der Waals surface area contributed by atoms with Crippen molar-refractivity contribution in [1.82, 2.24) is 5.32 Å². The van der Waals surface area contributed by atoms with Crippen LogP contribution in [0.3, 0.4) is 0 Å². The maximum absolute atomic E-state index is 6.54. The fourth-order valence-corrected chi connectivity index (χ4v) is 3.63. The number of halogens is 1. The molecule has 0 spiro atoms. The number of nitrogens with one attached hydrogen (secondary N) is 1. The molecule has 110 valence electrons. The van der Waals surface area contributed by atoms with Crippen LogP contribution in [-0.2, 0) is 6.54 Å². The molecule has 3 heteroatoms. The molecule has 0 bridgehead atoms. The second kappa shape index (κ2) is 5.95. The van der Waals surface area contributed by atoms with Crippen molar-refractivity contribution in [3.05, 3.63) is 28.8 Å². The Hall–Kier alpha value is -0.730. The van der Waals surface area contributed by atoms with Crippen LogP contribution in [0.25, 0.3) is 0 Å². The average Bonchev–Trinajstić information content (AvgIpc) is 3.12. The minimum atomic E-state index is 0.634. The molecule has 1 atom stereocenters. The van der Waals surface area contributed by atoms with Crippen LogP contribution < -0.4 is 10.2 Å². The highest BCUT2D eigenvalue weighted by molar-refractivity contribution is 6.33. The predicted molar refractivity (Wildman–Crippen MR) is 86.5 cm³/mol. The first-order chi connectivity index (χ1) is 9.66. The Morgan fingerprint density at radius 1 is 1.30 bits per heavy atom. The molecule has 0 aromatic heterocycles. The number of rotatable bonds is 5. The van der Waals surface area contributed by atoms with Crippen LogP contribution in [0.15, 0.2) is 18.2 Å². The van der Waals surface area contributed by atoms with Crippen molar-refractivity contribution >= 4 is 17.3 Å². The van der Waals surface area contributed by atoms with Crippen LogP contribution in [0.1, 0.15) is 45.1 Å². The largest absolute Gasteiger partial charge is 0.367 e. The molecule has 1 saturated carbocycles. The second-order valence-corrected chi connectivity index (χ2v) is 6.96. The normalized spacial score (nSPS) is 22.8. The van der Waals surface area contributed by atoms with Crippen molar-refractivity contribution in [1.29, 1.82) is 0 Å². The lowest BCUT2D eigenvalue weighted by Crippen LogP contribution is -2.34. The van der Waals surface area contributed by atoms with Gasteiger partial charge in [-0.2, -0.15) is 0 Å². The highest BCUT2D eigenvalue weighted by Crippen LogP contribution is 2.37. The summed E-state index contributed by atoms with van der Waals surface area (Å²) >= 11 is 6.54. The monoisotopic (exact) mass is 292 g/mol. The highest BCUT2D eigenvalue weighted by Gasteiger charge is 2.30. The van der Waals surface area contributed by atoms with Gasteiger partial charge >= 0.3 is 0 Å². The summed E-state index contributed by atoms with van der Waals surface area (Å²) in [4.78, 5) is 2.55. The molecule has 2 aliphatic rings. The number of benzene rings is 1. The average molecular weight is 293 g/mol. The van der Waals surface area contributed by atoms with Crippen LogP contribution in [0.4, 0.5) is 5.69 Å². The van der Waals surface area contributed by atoms with Crippen LogP contribution in [-0.4, -0.2) is 18.6 Å². The van der Waals surface area contributed by atoms with Gasteiger partial charge in [0.15, 0.2) is 0 Å². The Morgan fingerprint density at radius 2 is 2.10 bits per heavy atom. The zero-order chi connectivity index (χ0) is 14.1. The Kier molecular flexibility index (Phi) is 4.23. The first-order valence-electron chi connectivity index (χ1n) is 7.94. The van der Waals surface area contributed by atoms with Gasteiger partial charge in [0.25, 0.3) is 0 Å². The number of para-hydroxylation sites is 1. The molecule has 1 heterocycles. The van der Waals surface area contributed by atoms with Crippen molar-refractivity contribution < 1.29 is 0 Å². The quantitative estimate of drug-likeness (QED) is 0.874. The summed E-state index contributed by atoms with van der Waals surface area (Å²) in [6.07, 6.45) is 5.23. The fraction of sp³-hybridized carbons (Fsp3) is 0.647. The van der Waals surface area contributed by atoms with Gasteiger partial charge in [-0.3, -0.25) is 0 Å². The molecule has 1 N–H and O–H groups in total. The lowest BCUT2D eigenvalue weighted by molar-refractivity contribution is 0.491. The van der Waals surface area contributed by atoms with E-state index in [1.54, 1.807) is 0 Å². The molecular formula is C17H25ClN2. The third-order valence-corrected chi connectivity index (χ3v) is 4.89. The zero-order valence-electron chi connectivity index (χ0n) is 12.5. The molecule has 1 aromatic rings. The Labute approximate surface area is 127 Å². The molecule has 1 saturated heterocycles. The highest BCUT2D eigenvalue weighted by atomic mass is 35.5. The molecular weight excluding hydrogens is 268 g/mol. The van der Waals surface area contributed by atoms with Crippen LogP contribution in [0, 0.1) is 5.92 Å². The van der Waals surface area contributed by atoms with E-state index in [1.807, 2.05) is 6.07 Å². The Morgan fingerprint density at radius 3 is 2.80 bits per heavy atom. The molecule has 0 radical (unpaired) electrons. The van der Waals surface area contributed by atoms with Gasteiger partial charge in [0.05, 0.1) is 10.7 Å². The lowest BCUT2D eigenvalue weighted by Gasteiger charge is -2.32. The maximum Gasteiger partial charge on any atom is 0.0643 e. The smallest absolute Gasteiger partial charge is 0.0643 e. The number of hydrogen-bond acceptors (Lipinski definition) is 2. The Balaban J connectivity index is 1.85. The van der Waals surface area contributed by atoms with Crippen LogP contribution >= 0.6 is 11.6 Å². The van der Waals surface area contributed by atoms with Crippen molar-refractivity contribution in [2.45, 2.75) is 58.2 Å². The van der Waals surface area contributed by atoms with Crippen molar-refractivity contribution in [3.63, 3.8) is 0 Å². The minimum absolute atomic E-state index is 0.634. The van der Waals surface area contributed by atoms with Crippen molar-refractivity contribution in [2.75, 3.05) is 11.4 Å². The van der Waals surface area contributed by atoms with Gasteiger partial charge in [-0.15, -0.1) is 0 Å². The molecule has 2 nitrogen and oxygen atoms in total. The second-order valence-electron chi connectivity index (χ2n) is 6.55. The van der Waals surface area contributed by atoms with Gasteiger partial charge in [0.1, 0.15) is 0 Å². The van der Waals surface area contributed by atoms with Gasteiger partial charge in [-0.1, -0.05) is 37.6 Å². The molecule has 0 amide bonds. The van der Waals surface area contributed by atoms with E-state index in [4.69, 9.17) is 11.6 Å². The molecule has 2 fully saturated rings. The van der Waals surface area contributed by atoms with E-state index in [2.05, 4.69) is 36.2 Å². The van der Waals surface area contributed by atoms with E-state index in [9.17, 15) is 0 Å². The topological polar surface area (TPSA) is 15.3 Å². The summed E-state index contributed by atoms with van der Waals surface area (Å²) < 4.78 is 0. The first kappa shape index (κ1) is 14.2. The third kappa shape index (κ3) is 2.96. The standard InChI is InChI=1S/C17H25ClN2/c1-12(2)16-7-4-10-20(16)17-13(5-3-6-15(17)18)11-19-14-8-9-14/h3,5-6,12,14,16,19H,4,7-11H2,1-2H3. The molecule has 1 unspecified atom stereocenters. The number of hydrogen-bond donors (Lipinski definition) is 1. The molecule has 3 rings (SSSR count). The van der Waals surface area contributed by atoms with Crippen LogP contribution in [0.2, 0.25) is 5.02 Å². The lowest BCUT2D eigenvalue weighted by atomic mass is 10.0. The van der Waals surface area contributed by atoms with E-state index in [1.165, 1.54) is 36.9 Å². The molecule has 1 aliphatic heterocycles. The van der Waals surface area contributed by atoms with E-state index < -0.39 is 0 Å². The summed E-state index contributed by atoms with van der Waals surface area (Å²) in [5.41, 5.74) is 2.63. The van der Waals surface area contributed by atoms with E-state index in [-0.39, 0.29) is 0 Å². The Bertz CT molecular complexity index is 468. The summed E-state index contributed by atoms with van der Waals surface area (Å²) in [7, 11) is 0. The zero-order valence-corrected chi connectivity index (χ0v) is 13.3. The minimum Gasteiger partial charge on any atom is -0.367 e. The maximum atomic E-state index is 6.54. The summed E-state index contributed by atoms with van der Waals surface area (Å²) in [5, 5.41) is 4.53.